The molecular weight excluding hydrogens is 498 g/mol. The number of carbonyl (C=O) groups excluding carboxylic acids is 4. The lowest BCUT2D eigenvalue weighted by molar-refractivity contribution is -0.138. The number of rotatable bonds is 6. The quantitative estimate of drug-likeness (QED) is 0.626. The fourth-order valence-electron chi connectivity index (χ4n) is 4.85. The van der Waals surface area contributed by atoms with Crippen molar-refractivity contribution in [2.45, 2.75) is 44.8 Å². The van der Waals surface area contributed by atoms with E-state index in [1.807, 2.05) is 26.0 Å². The summed E-state index contributed by atoms with van der Waals surface area (Å²) in [5, 5.41) is 2.88. The molecule has 0 aliphatic carbocycles. The maximum absolute atomic E-state index is 13.6. The topological polar surface area (TPSA) is 86.8 Å². The van der Waals surface area contributed by atoms with Crippen LogP contribution in [0, 0.1) is 5.92 Å². The van der Waals surface area contributed by atoms with Gasteiger partial charge in [0.2, 0.25) is 5.91 Å². The number of benzene rings is 2. The Hall–Kier alpha value is -3.00. The van der Waals surface area contributed by atoms with Gasteiger partial charge in [-0.25, -0.2) is 0 Å². The molecule has 7 nitrogen and oxygen atoms in total. The van der Waals surface area contributed by atoms with E-state index in [0.717, 1.165) is 4.47 Å². The molecule has 2 aromatic rings. The molecule has 2 aliphatic rings. The highest BCUT2D eigenvalue weighted by Gasteiger charge is 2.52. The van der Waals surface area contributed by atoms with Crippen LogP contribution in [0.2, 0.25) is 0 Å². The first-order chi connectivity index (χ1) is 16.3. The Morgan fingerprint density at radius 2 is 1.74 bits per heavy atom. The van der Waals surface area contributed by atoms with Gasteiger partial charge in [0.25, 0.3) is 11.8 Å². The summed E-state index contributed by atoms with van der Waals surface area (Å²) in [4.78, 5) is 55.6. The molecule has 34 heavy (non-hydrogen) atoms. The largest absolute Gasteiger partial charge is 0.340 e. The van der Waals surface area contributed by atoms with Crippen molar-refractivity contribution in [2.24, 2.45) is 5.92 Å². The Labute approximate surface area is 207 Å². The number of nitrogens with zero attached hydrogens (tertiary/aromatic N) is 2. The van der Waals surface area contributed by atoms with Gasteiger partial charge >= 0.3 is 0 Å². The Bertz CT molecular complexity index is 1100. The van der Waals surface area contributed by atoms with Crippen LogP contribution in [0.25, 0.3) is 0 Å². The number of hydrogen-bond acceptors (Lipinski definition) is 4. The molecule has 2 aliphatic heterocycles. The van der Waals surface area contributed by atoms with Gasteiger partial charge in [0.15, 0.2) is 5.78 Å². The van der Waals surface area contributed by atoms with Crippen molar-refractivity contribution in [3.8, 4) is 0 Å². The molecule has 0 radical (unpaired) electrons. The average molecular weight is 526 g/mol. The highest BCUT2D eigenvalue weighted by Crippen LogP contribution is 2.32. The Kier molecular flexibility index (Phi) is 7.16. The van der Waals surface area contributed by atoms with Crippen LogP contribution >= 0.6 is 15.9 Å². The van der Waals surface area contributed by atoms with E-state index < -0.39 is 12.1 Å². The molecule has 0 saturated carbocycles. The number of likely N-dealkylation sites (tertiary alicyclic amines) is 2. The van der Waals surface area contributed by atoms with Gasteiger partial charge in [-0.2, -0.15) is 0 Å². The smallest absolute Gasteiger partial charge is 0.254 e. The zero-order valence-electron chi connectivity index (χ0n) is 19.2. The summed E-state index contributed by atoms with van der Waals surface area (Å²) in [6, 6.07) is 14.1. The summed E-state index contributed by atoms with van der Waals surface area (Å²) in [6.45, 7) is 4.34. The lowest BCUT2D eigenvalue weighted by Crippen LogP contribution is -2.53. The summed E-state index contributed by atoms with van der Waals surface area (Å²) in [5.74, 6) is -0.786. The molecule has 178 valence electrons. The molecular formula is C26H28BrN3O4. The second-order valence-corrected chi connectivity index (χ2v) is 10.2. The van der Waals surface area contributed by atoms with Gasteiger partial charge in [0.1, 0.15) is 12.1 Å². The molecule has 2 heterocycles. The van der Waals surface area contributed by atoms with Gasteiger partial charge in [-0.3, -0.25) is 19.2 Å². The Morgan fingerprint density at radius 1 is 1.03 bits per heavy atom. The molecule has 1 N–H and O–H groups in total. The van der Waals surface area contributed by atoms with E-state index >= 15 is 0 Å². The molecule has 2 aromatic carbocycles. The van der Waals surface area contributed by atoms with Gasteiger partial charge in [-0.05, 0) is 49.1 Å². The number of hydrogen-bond donors (Lipinski definition) is 1. The van der Waals surface area contributed by atoms with Crippen molar-refractivity contribution >= 4 is 39.4 Å². The minimum Gasteiger partial charge on any atom is -0.340 e. The number of halogens is 1. The fourth-order valence-corrected chi connectivity index (χ4v) is 5.25. The molecule has 3 atom stereocenters. The molecule has 0 aromatic heterocycles. The minimum atomic E-state index is -0.753. The third kappa shape index (κ3) is 4.92. The van der Waals surface area contributed by atoms with Gasteiger partial charge in [-0.15, -0.1) is 0 Å². The first-order valence-electron chi connectivity index (χ1n) is 11.5. The predicted molar refractivity (Wildman–Crippen MR) is 131 cm³/mol. The third-order valence-corrected chi connectivity index (χ3v) is 6.88. The van der Waals surface area contributed by atoms with Crippen LogP contribution in [0.15, 0.2) is 59.1 Å². The zero-order valence-corrected chi connectivity index (χ0v) is 20.8. The van der Waals surface area contributed by atoms with Crippen LogP contribution in [0.4, 0.5) is 0 Å². The van der Waals surface area contributed by atoms with Crippen LogP contribution in [-0.2, 0) is 9.59 Å². The average Bonchev–Trinajstić information content (AvgIpc) is 3.39. The number of nitrogens with one attached hydrogen (secondary N) is 1. The molecule has 3 unspecified atom stereocenters. The second kappa shape index (κ2) is 10.1. The van der Waals surface area contributed by atoms with Crippen LogP contribution in [-0.4, -0.2) is 64.5 Å². The molecule has 8 heteroatoms. The van der Waals surface area contributed by atoms with Crippen LogP contribution in [0.3, 0.4) is 0 Å². The third-order valence-electron chi connectivity index (χ3n) is 6.38. The molecule has 0 bridgehead atoms. The van der Waals surface area contributed by atoms with Crippen molar-refractivity contribution in [2.75, 3.05) is 13.1 Å². The van der Waals surface area contributed by atoms with E-state index in [-0.39, 0.29) is 42.0 Å². The second-order valence-electron chi connectivity index (χ2n) is 9.26. The highest BCUT2D eigenvalue weighted by molar-refractivity contribution is 9.10. The summed E-state index contributed by atoms with van der Waals surface area (Å²) >= 11 is 3.37. The number of carbonyl (C=O) groups is 4. The maximum atomic E-state index is 13.6. The van der Waals surface area contributed by atoms with E-state index in [1.165, 1.54) is 0 Å². The zero-order chi connectivity index (χ0) is 24.4. The van der Waals surface area contributed by atoms with Gasteiger partial charge in [0, 0.05) is 22.1 Å². The van der Waals surface area contributed by atoms with E-state index in [2.05, 4.69) is 21.2 Å². The normalized spacial score (nSPS) is 20.4. The molecule has 3 amide bonds. The first-order valence-corrected chi connectivity index (χ1v) is 12.3. The standard InChI is InChI=1S/C26H28BrN3O4/c1-16(2)13-20(28-24(32)18-9-6-10-19(27)14-18)26(34)29-12-11-21-23(29)22(31)15-30(21)25(33)17-7-4-3-5-8-17/h3-10,14,16,20-21,23H,11-13,15H2,1-2H3,(H,28,32). The van der Waals surface area contributed by atoms with Gasteiger partial charge < -0.3 is 15.1 Å². The monoisotopic (exact) mass is 525 g/mol. The fraction of sp³-hybridized carbons (Fsp3) is 0.385. The lowest BCUT2D eigenvalue weighted by atomic mass is 10.0. The first kappa shape index (κ1) is 24.1. The summed E-state index contributed by atoms with van der Waals surface area (Å²) in [7, 11) is 0. The molecule has 4 rings (SSSR count). The van der Waals surface area contributed by atoms with Gasteiger partial charge in [0.05, 0.1) is 12.6 Å². The van der Waals surface area contributed by atoms with Crippen molar-refractivity contribution < 1.29 is 19.2 Å². The molecule has 2 fully saturated rings. The van der Waals surface area contributed by atoms with Crippen molar-refractivity contribution in [3.05, 3.63) is 70.2 Å². The van der Waals surface area contributed by atoms with Crippen LogP contribution in [0.1, 0.15) is 47.4 Å². The molecule has 2 saturated heterocycles. The minimum absolute atomic E-state index is 0.00785. The van der Waals surface area contributed by atoms with Crippen LogP contribution < -0.4 is 5.32 Å². The SMILES string of the molecule is CC(C)CC(NC(=O)c1cccc(Br)c1)C(=O)N1CCC2C1C(=O)CN2C(=O)c1ccccc1. The molecule has 0 spiro atoms. The van der Waals surface area contributed by atoms with E-state index in [4.69, 9.17) is 0 Å². The maximum Gasteiger partial charge on any atom is 0.254 e. The Balaban J connectivity index is 1.52. The van der Waals surface area contributed by atoms with Crippen molar-refractivity contribution in [1.82, 2.24) is 15.1 Å². The van der Waals surface area contributed by atoms with Crippen LogP contribution in [0.5, 0.6) is 0 Å². The lowest BCUT2D eigenvalue weighted by Gasteiger charge is -2.29. The van der Waals surface area contributed by atoms with Crippen molar-refractivity contribution in [3.63, 3.8) is 0 Å². The van der Waals surface area contributed by atoms with Crippen molar-refractivity contribution in [1.29, 1.82) is 0 Å². The number of fused-ring (bicyclic) bond motifs is 1. The number of ketones is 1. The van der Waals surface area contributed by atoms with E-state index in [1.54, 1.807) is 52.3 Å². The summed E-state index contributed by atoms with van der Waals surface area (Å²) in [6.07, 6.45) is 0.988. The Morgan fingerprint density at radius 3 is 2.41 bits per heavy atom. The van der Waals surface area contributed by atoms with Gasteiger partial charge in [-0.1, -0.05) is 54.0 Å². The number of Topliss-reactive ketones (excluding diaryl/α,β-unsaturated/α-hetero) is 1. The summed E-state index contributed by atoms with van der Waals surface area (Å²) in [5.41, 5.74) is 0.978. The van der Waals surface area contributed by atoms with E-state index in [0.29, 0.717) is 30.5 Å². The highest BCUT2D eigenvalue weighted by atomic mass is 79.9. The van der Waals surface area contributed by atoms with E-state index in [9.17, 15) is 19.2 Å². The number of amides is 3. The predicted octanol–water partition coefficient (Wildman–Crippen LogP) is 3.29. The summed E-state index contributed by atoms with van der Waals surface area (Å²) < 4.78 is 0.772.